The fourth-order valence-corrected chi connectivity index (χ4v) is 5.17. The number of halogens is 2. The summed E-state index contributed by atoms with van der Waals surface area (Å²) >= 11 is 5.95. The van der Waals surface area contributed by atoms with Crippen molar-refractivity contribution in [3.63, 3.8) is 0 Å². The summed E-state index contributed by atoms with van der Waals surface area (Å²) in [6.07, 6.45) is 3.81. The number of fused-ring (bicyclic) bond motifs is 1. The Labute approximate surface area is 195 Å². The number of piperidine rings is 2. The highest BCUT2D eigenvalue weighted by molar-refractivity contribution is 6.31. The molecule has 2 aliphatic rings. The summed E-state index contributed by atoms with van der Waals surface area (Å²) in [5, 5.41) is 4.17. The normalized spacial score (nSPS) is 19.6. The molecule has 4 heterocycles. The van der Waals surface area contributed by atoms with E-state index in [0.717, 1.165) is 17.5 Å². The van der Waals surface area contributed by atoms with E-state index >= 15 is 0 Å². The van der Waals surface area contributed by atoms with E-state index in [1.165, 1.54) is 6.20 Å². The lowest BCUT2D eigenvalue weighted by Gasteiger charge is -2.33. The lowest BCUT2D eigenvalue weighted by molar-refractivity contribution is -0.122. The van der Waals surface area contributed by atoms with Crippen LogP contribution >= 0.6 is 11.6 Å². The Morgan fingerprint density at radius 2 is 1.97 bits per heavy atom. The van der Waals surface area contributed by atoms with E-state index in [-0.39, 0.29) is 29.5 Å². The molecule has 0 saturated carbocycles. The zero-order valence-corrected chi connectivity index (χ0v) is 18.8. The number of anilines is 1. The van der Waals surface area contributed by atoms with Gasteiger partial charge in [-0.05, 0) is 49.4 Å². The molecule has 1 atom stereocenters. The number of carbonyl (C=O) groups excluding carboxylic acids is 2. The number of likely N-dealkylation sites (tertiary alicyclic amines) is 1. The molecular weight excluding hydrogens is 445 g/mol. The van der Waals surface area contributed by atoms with Gasteiger partial charge in [-0.15, -0.1) is 0 Å². The first kappa shape index (κ1) is 21.7. The Morgan fingerprint density at radius 3 is 2.67 bits per heavy atom. The van der Waals surface area contributed by atoms with E-state index in [1.807, 2.05) is 6.07 Å². The van der Waals surface area contributed by atoms with Crippen molar-refractivity contribution >= 4 is 40.1 Å². The highest BCUT2D eigenvalue weighted by Crippen LogP contribution is 2.37. The maximum atomic E-state index is 15.0. The molecule has 2 amide bonds. The van der Waals surface area contributed by atoms with Crippen LogP contribution in [0.3, 0.4) is 0 Å². The van der Waals surface area contributed by atoms with Crippen LogP contribution in [0.5, 0.6) is 0 Å². The molecule has 0 spiro atoms. The predicted molar refractivity (Wildman–Crippen MR) is 125 cm³/mol. The van der Waals surface area contributed by atoms with Crippen molar-refractivity contribution in [3.05, 3.63) is 58.1 Å². The van der Waals surface area contributed by atoms with Crippen molar-refractivity contribution in [1.29, 1.82) is 0 Å². The Kier molecular flexibility index (Phi) is 5.70. The Morgan fingerprint density at radius 1 is 1.18 bits per heavy atom. The number of benzene rings is 1. The smallest absolute Gasteiger partial charge is 0.255 e. The standard InChI is InChI=1S/C24H25ClFN5O2/c25-15-2-3-16(19(27)9-15)24(33)31-7-5-13(6-8-31)22-17-10-20(14-1-4-21(32)28-11-14)30-23(17)29-12-18(22)26/h2-3,9-10,12-14H,1,4-8,11,27H2,(H,28,32)(H,29,30). The van der Waals surface area contributed by atoms with Gasteiger partial charge in [0.25, 0.3) is 5.91 Å². The van der Waals surface area contributed by atoms with Gasteiger partial charge in [-0.25, -0.2) is 9.37 Å². The van der Waals surface area contributed by atoms with Crippen LogP contribution < -0.4 is 11.1 Å². The molecule has 7 nitrogen and oxygen atoms in total. The van der Waals surface area contributed by atoms with Gasteiger partial charge in [0.15, 0.2) is 0 Å². The molecule has 33 heavy (non-hydrogen) atoms. The zero-order valence-electron chi connectivity index (χ0n) is 18.0. The van der Waals surface area contributed by atoms with Gasteiger partial charge in [0.05, 0.1) is 11.8 Å². The van der Waals surface area contributed by atoms with E-state index in [0.29, 0.717) is 66.4 Å². The molecule has 0 aliphatic carbocycles. The highest BCUT2D eigenvalue weighted by atomic mass is 35.5. The van der Waals surface area contributed by atoms with Crippen LogP contribution in [-0.4, -0.2) is 46.3 Å². The Hall–Kier alpha value is -3.13. The molecule has 9 heteroatoms. The number of carbonyl (C=O) groups is 2. The maximum absolute atomic E-state index is 15.0. The van der Waals surface area contributed by atoms with Crippen molar-refractivity contribution in [2.24, 2.45) is 0 Å². The van der Waals surface area contributed by atoms with Crippen LogP contribution in [0.1, 0.15) is 59.1 Å². The third-order valence-electron chi connectivity index (χ3n) is 6.81. The van der Waals surface area contributed by atoms with Gasteiger partial charge in [0.2, 0.25) is 5.91 Å². The highest BCUT2D eigenvalue weighted by Gasteiger charge is 2.30. The van der Waals surface area contributed by atoms with E-state index < -0.39 is 0 Å². The molecule has 4 N–H and O–H groups in total. The summed E-state index contributed by atoms with van der Waals surface area (Å²) in [6, 6.07) is 6.86. The summed E-state index contributed by atoms with van der Waals surface area (Å²) < 4.78 is 15.0. The summed E-state index contributed by atoms with van der Waals surface area (Å²) in [6.45, 7) is 1.60. The molecule has 1 unspecified atom stereocenters. The number of aromatic amines is 1. The largest absolute Gasteiger partial charge is 0.398 e. The minimum Gasteiger partial charge on any atom is -0.398 e. The van der Waals surface area contributed by atoms with Gasteiger partial charge in [-0.2, -0.15) is 0 Å². The number of nitrogens with one attached hydrogen (secondary N) is 2. The van der Waals surface area contributed by atoms with Crippen LogP contribution in [0.25, 0.3) is 11.0 Å². The van der Waals surface area contributed by atoms with Gasteiger partial charge < -0.3 is 20.9 Å². The number of amides is 2. The van der Waals surface area contributed by atoms with Crippen molar-refractivity contribution in [2.45, 2.75) is 37.5 Å². The molecule has 0 bridgehead atoms. The van der Waals surface area contributed by atoms with Crippen LogP contribution in [0.4, 0.5) is 10.1 Å². The minimum atomic E-state index is -0.322. The van der Waals surface area contributed by atoms with Crippen LogP contribution in [0, 0.1) is 5.82 Å². The lowest BCUT2D eigenvalue weighted by Crippen LogP contribution is -2.38. The van der Waals surface area contributed by atoms with Crippen molar-refractivity contribution in [3.8, 4) is 0 Å². The van der Waals surface area contributed by atoms with E-state index in [4.69, 9.17) is 17.3 Å². The molecular formula is C24H25ClFN5O2. The molecule has 0 radical (unpaired) electrons. The summed E-state index contributed by atoms with van der Waals surface area (Å²) in [4.78, 5) is 33.8. The van der Waals surface area contributed by atoms with E-state index in [9.17, 15) is 14.0 Å². The number of hydrogen-bond acceptors (Lipinski definition) is 4. The predicted octanol–water partition coefficient (Wildman–Crippen LogP) is 3.95. The lowest BCUT2D eigenvalue weighted by atomic mass is 9.87. The van der Waals surface area contributed by atoms with E-state index in [2.05, 4.69) is 15.3 Å². The number of pyridine rings is 1. The summed E-state index contributed by atoms with van der Waals surface area (Å²) in [7, 11) is 0. The molecule has 5 rings (SSSR count). The number of nitrogens with two attached hydrogens (primary N) is 1. The molecule has 2 aromatic heterocycles. The van der Waals surface area contributed by atoms with Crippen molar-refractivity contribution in [1.82, 2.24) is 20.2 Å². The molecule has 2 aliphatic heterocycles. The molecule has 2 fully saturated rings. The van der Waals surface area contributed by atoms with Crippen LogP contribution in [0.15, 0.2) is 30.5 Å². The first-order chi connectivity index (χ1) is 15.9. The average Bonchev–Trinajstić information content (AvgIpc) is 3.23. The van der Waals surface area contributed by atoms with Crippen LogP contribution in [-0.2, 0) is 4.79 Å². The number of nitrogen functional groups attached to an aromatic ring is 1. The number of rotatable bonds is 3. The SMILES string of the molecule is Nc1cc(Cl)ccc1C(=O)N1CCC(c2c(F)cnc3[nH]c(C4CCC(=O)NC4)cc23)CC1. The number of H-pyrrole nitrogens is 1. The molecule has 2 saturated heterocycles. The van der Waals surface area contributed by atoms with Crippen LogP contribution in [0.2, 0.25) is 5.02 Å². The van der Waals surface area contributed by atoms with Crippen molar-refractivity contribution in [2.75, 3.05) is 25.4 Å². The van der Waals surface area contributed by atoms with Gasteiger partial charge in [0, 0.05) is 59.3 Å². The quantitative estimate of drug-likeness (QED) is 0.505. The summed E-state index contributed by atoms with van der Waals surface area (Å²) in [5.74, 6) is -0.245. The maximum Gasteiger partial charge on any atom is 0.255 e. The van der Waals surface area contributed by atoms with Crippen molar-refractivity contribution < 1.29 is 14.0 Å². The molecule has 3 aromatic rings. The monoisotopic (exact) mass is 469 g/mol. The number of nitrogens with zero attached hydrogens (tertiary/aromatic N) is 2. The third-order valence-corrected chi connectivity index (χ3v) is 7.05. The van der Waals surface area contributed by atoms with Gasteiger partial charge in [-0.1, -0.05) is 11.6 Å². The fourth-order valence-electron chi connectivity index (χ4n) is 4.99. The Balaban J connectivity index is 1.35. The van der Waals surface area contributed by atoms with Gasteiger partial charge in [-0.3, -0.25) is 9.59 Å². The second-order valence-corrected chi connectivity index (χ2v) is 9.28. The first-order valence-electron chi connectivity index (χ1n) is 11.2. The minimum absolute atomic E-state index is 0.0168. The third kappa shape index (κ3) is 4.15. The average molecular weight is 470 g/mol. The topological polar surface area (TPSA) is 104 Å². The van der Waals surface area contributed by atoms with E-state index in [1.54, 1.807) is 23.1 Å². The summed E-state index contributed by atoms with van der Waals surface area (Å²) in [5.41, 5.74) is 9.06. The zero-order chi connectivity index (χ0) is 23.1. The number of aromatic nitrogens is 2. The van der Waals surface area contributed by atoms with Gasteiger partial charge in [0.1, 0.15) is 11.5 Å². The Bertz CT molecular complexity index is 1230. The second-order valence-electron chi connectivity index (χ2n) is 8.84. The van der Waals surface area contributed by atoms with Gasteiger partial charge >= 0.3 is 0 Å². The first-order valence-corrected chi connectivity index (χ1v) is 11.6. The molecule has 1 aromatic carbocycles. The fraction of sp³-hybridized carbons (Fsp3) is 0.375. The number of hydrogen-bond donors (Lipinski definition) is 3. The molecule has 172 valence electrons. The second kappa shape index (κ2) is 8.67.